The summed E-state index contributed by atoms with van der Waals surface area (Å²) < 4.78 is 5.41. The number of likely N-dealkylation sites (tertiary alicyclic amines) is 1. The molecule has 1 amide bonds. The fourth-order valence-electron chi connectivity index (χ4n) is 2.84. The lowest BCUT2D eigenvalue weighted by molar-refractivity contribution is 0.0157. The van der Waals surface area contributed by atoms with Crippen LogP contribution in [0.2, 0.25) is 0 Å². The van der Waals surface area contributed by atoms with Crippen LogP contribution in [0.5, 0.6) is 0 Å². The van der Waals surface area contributed by atoms with Gasteiger partial charge < -0.3 is 9.64 Å². The minimum absolute atomic E-state index is 0.148. The van der Waals surface area contributed by atoms with Gasteiger partial charge in [-0.2, -0.15) is 0 Å². The first kappa shape index (κ1) is 15.3. The van der Waals surface area contributed by atoms with Gasteiger partial charge in [-0.3, -0.25) is 0 Å². The van der Waals surface area contributed by atoms with E-state index in [0.717, 1.165) is 37.8 Å². The lowest BCUT2D eigenvalue weighted by Crippen LogP contribution is -2.42. The van der Waals surface area contributed by atoms with Gasteiger partial charge in [0.25, 0.3) is 0 Å². The summed E-state index contributed by atoms with van der Waals surface area (Å²) in [5, 5.41) is 0. The fraction of sp³-hybridized carbons (Fsp3) is 0.933. The average molecular weight is 255 g/mol. The zero-order chi connectivity index (χ0) is 13.8. The molecule has 1 aliphatic heterocycles. The van der Waals surface area contributed by atoms with Crippen LogP contribution in [0.4, 0.5) is 4.79 Å². The van der Waals surface area contributed by atoms with Gasteiger partial charge in [-0.05, 0) is 45.4 Å². The minimum atomic E-state index is -0.386. The van der Waals surface area contributed by atoms with Crippen LogP contribution in [0.3, 0.4) is 0 Å². The smallest absolute Gasteiger partial charge is 0.410 e. The first-order valence-corrected chi connectivity index (χ1v) is 7.35. The van der Waals surface area contributed by atoms with Gasteiger partial charge in [-0.25, -0.2) is 4.79 Å². The molecule has 0 atom stereocenters. The van der Waals surface area contributed by atoms with Crippen LogP contribution < -0.4 is 0 Å². The van der Waals surface area contributed by atoms with Crippen LogP contribution in [0, 0.1) is 11.8 Å². The summed E-state index contributed by atoms with van der Waals surface area (Å²) in [6.07, 6.45) is 4.63. The molecule has 1 fully saturated rings. The summed E-state index contributed by atoms with van der Waals surface area (Å²) >= 11 is 0. The molecule has 3 heteroatoms. The van der Waals surface area contributed by atoms with Crippen LogP contribution in [0.1, 0.15) is 60.3 Å². The summed E-state index contributed by atoms with van der Waals surface area (Å²) in [6.45, 7) is 12.0. The van der Waals surface area contributed by atoms with Crippen molar-refractivity contribution >= 4 is 6.09 Å². The number of carbonyl (C=O) groups is 1. The van der Waals surface area contributed by atoms with E-state index < -0.39 is 0 Å². The van der Waals surface area contributed by atoms with Crippen molar-refractivity contribution in [1.82, 2.24) is 4.90 Å². The number of carbonyl (C=O) groups excluding carboxylic acids is 1. The third kappa shape index (κ3) is 4.51. The quantitative estimate of drug-likeness (QED) is 0.760. The Balaban J connectivity index is 2.41. The molecule has 0 radical (unpaired) electrons. The molecule has 0 aromatic rings. The Labute approximate surface area is 112 Å². The topological polar surface area (TPSA) is 29.5 Å². The number of ether oxygens (including phenoxy) is 1. The minimum Gasteiger partial charge on any atom is -0.444 e. The largest absolute Gasteiger partial charge is 0.444 e. The molecule has 1 rings (SSSR count). The maximum atomic E-state index is 11.9. The number of rotatable bonds is 3. The van der Waals surface area contributed by atoms with E-state index in [1.807, 2.05) is 25.7 Å². The van der Waals surface area contributed by atoms with Gasteiger partial charge >= 0.3 is 6.09 Å². The van der Waals surface area contributed by atoms with Crippen LogP contribution in [0.15, 0.2) is 0 Å². The second kappa shape index (κ2) is 6.44. The molecule has 0 spiro atoms. The van der Waals surface area contributed by atoms with Crippen molar-refractivity contribution in [3.63, 3.8) is 0 Å². The monoisotopic (exact) mass is 255 g/mol. The highest BCUT2D eigenvalue weighted by Gasteiger charge is 2.29. The Bertz CT molecular complexity index is 258. The highest BCUT2D eigenvalue weighted by atomic mass is 16.6. The standard InChI is InChI=1S/C15H29NO2/c1-6-12(7-2)13-8-10-16(11-9-13)14(17)18-15(3,4)5/h12-13H,6-11H2,1-5H3. The third-order valence-electron chi connectivity index (χ3n) is 3.91. The van der Waals surface area contributed by atoms with Crippen LogP contribution in [-0.2, 0) is 4.74 Å². The average Bonchev–Trinajstić information content (AvgIpc) is 2.29. The molecular weight excluding hydrogens is 226 g/mol. The molecular formula is C15H29NO2. The molecule has 0 aliphatic carbocycles. The van der Waals surface area contributed by atoms with Crippen LogP contribution >= 0.6 is 0 Å². The summed E-state index contributed by atoms with van der Waals surface area (Å²) in [5.41, 5.74) is -0.386. The van der Waals surface area contributed by atoms with E-state index in [1.165, 1.54) is 12.8 Å². The Hall–Kier alpha value is -0.730. The molecule has 1 heterocycles. The molecule has 18 heavy (non-hydrogen) atoms. The maximum Gasteiger partial charge on any atom is 0.410 e. The van der Waals surface area contributed by atoms with Crippen molar-refractivity contribution in [2.75, 3.05) is 13.1 Å². The zero-order valence-corrected chi connectivity index (χ0v) is 12.7. The number of amides is 1. The highest BCUT2D eigenvalue weighted by molar-refractivity contribution is 5.68. The van der Waals surface area contributed by atoms with Gasteiger partial charge in [0.15, 0.2) is 0 Å². The van der Waals surface area contributed by atoms with E-state index in [-0.39, 0.29) is 11.7 Å². The van der Waals surface area contributed by atoms with Crippen LogP contribution in [-0.4, -0.2) is 29.7 Å². The molecule has 0 aromatic heterocycles. The Morgan fingerprint density at radius 2 is 1.72 bits per heavy atom. The second-order valence-electron chi connectivity index (χ2n) is 6.38. The molecule has 0 N–H and O–H groups in total. The summed E-state index contributed by atoms with van der Waals surface area (Å²) in [7, 11) is 0. The number of piperidine rings is 1. The van der Waals surface area contributed by atoms with Gasteiger partial charge in [-0.15, -0.1) is 0 Å². The SMILES string of the molecule is CCC(CC)C1CCN(C(=O)OC(C)(C)C)CC1. The van der Waals surface area contributed by atoms with Crippen molar-refractivity contribution < 1.29 is 9.53 Å². The summed E-state index contributed by atoms with van der Waals surface area (Å²) in [4.78, 5) is 13.8. The molecule has 0 bridgehead atoms. The van der Waals surface area contributed by atoms with E-state index in [0.29, 0.717) is 0 Å². The lowest BCUT2D eigenvalue weighted by atomic mass is 9.81. The number of hydrogen-bond donors (Lipinski definition) is 0. The number of hydrogen-bond acceptors (Lipinski definition) is 2. The van der Waals surface area contributed by atoms with E-state index >= 15 is 0 Å². The molecule has 106 valence electrons. The molecule has 0 aromatic carbocycles. The van der Waals surface area contributed by atoms with Gasteiger partial charge in [0, 0.05) is 13.1 Å². The van der Waals surface area contributed by atoms with Gasteiger partial charge in [0.2, 0.25) is 0 Å². The Kier molecular flexibility index (Phi) is 5.48. The molecule has 1 saturated heterocycles. The fourth-order valence-corrected chi connectivity index (χ4v) is 2.84. The molecule has 1 aliphatic rings. The first-order valence-electron chi connectivity index (χ1n) is 7.35. The van der Waals surface area contributed by atoms with Gasteiger partial charge in [0.05, 0.1) is 0 Å². The molecule has 0 unspecified atom stereocenters. The van der Waals surface area contributed by atoms with Gasteiger partial charge in [-0.1, -0.05) is 26.7 Å². The van der Waals surface area contributed by atoms with E-state index in [2.05, 4.69) is 13.8 Å². The predicted octanol–water partition coefficient (Wildman–Crippen LogP) is 4.07. The predicted molar refractivity (Wildman–Crippen MR) is 74.6 cm³/mol. The van der Waals surface area contributed by atoms with Crippen molar-refractivity contribution in [2.24, 2.45) is 11.8 Å². The number of nitrogens with zero attached hydrogens (tertiary/aromatic N) is 1. The Morgan fingerprint density at radius 1 is 1.22 bits per heavy atom. The van der Waals surface area contributed by atoms with Gasteiger partial charge in [0.1, 0.15) is 5.60 Å². The Morgan fingerprint density at radius 3 is 2.11 bits per heavy atom. The second-order valence-corrected chi connectivity index (χ2v) is 6.38. The van der Waals surface area contributed by atoms with E-state index in [4.69, 9.17) is 4.74 Å². The maximum absolute atomic E-state index is 11.9. The van der Waals surface area contributed by atoms with E-state index in [9.17, 15) is 4.79 Å². The molecule has 0 saturated carbocycles. The van der Waals surface area contributed by atoms with Crippen molar-refractivity contribution in [1.29, 1.82) is 0 Å². The normalized spacial score (nSPS) is 18.2. The van der Waals surface area contributed by atoms with Crippen molar-refractivity contribution in [3.05, 3.63) is 0 Å². The summed E-state index contributed by atoms with van der Waals surface area (Å²) in [5.74, 6) is 1.62. The van der Waals surface area contributed by atoms with E-state index in [1.54, 1.807) is 0 Å². The third-order valence-corrected chi connectivity index (χ3v) is 3.91. The van der Waals surface area contributed by atoms with Crippen molar-refractivity contribution in [3.8, 4) is 0 Å². The molecule has 3 nitrogen and oxygen atoms in total. The van der Waals surface area contributed by atoms with Crippen molar-refractivity contribution in [2.45, 2.75) is 65.9 Å². The van der Waals surface area contributed by atoms with Crippen LogP contribution in [0.25, 0.3) is 0 Å². The highest BCUT2D eigenvalue weighted by Crippen LogP contribution is 2.29. The first-order chi connectivity index (χ1) is 8.37. The zero-order valence-electron chi connectivity index (χ0n) is 12.7. The summed E-state index contributed by atoms with van der Waals surface area (Å²) in [6, 6.07) is 0. The lowest BCUT2D eigenvalue weighted by Gasteiger charge is -2.36.